The first-order valence-electron chi connectivity index (χ1n) is 6.99. The summed E-state index contributed by atoms with van der Waals surface area (Å²) in [5.41, 5.74) is 0.971. The predicted octanol–water partition coefficient (Wildman–Crippen LogP) is 4.46. The van der Waals surface area contributed by atoms with Crippen LogP contribution in [0.5, 0.6) is 0 Å². The quantitative estimate of drug-likeness (QED) is 0.852. The standard InChI is InChI=1S/C17H18FNO2/c1-2-3-12-19(13-8-5-4-6-9-13)15-11-7-10-14(18)16(15)17(20)21/h4-11H,2-3,12H2,1H3,(H,20,21). The third-order valence-electron chi connectivity index (χ3n) is 3.30. The van der Waals surface area contributed by atoms with Crippen molar-refractivity contribution < 1.29 is 14.3 Å². The number of hydrogen-bond acceptors (Lipinski definition) is 2. The topological polar surface area (TPSA) is 40.5 Å². The Balaban J connectivity index is 2.52. The van der Waals surface area contributed by atoms with E-state index in [1.54, 1.807) is 12.1 Å². The van der Waals surface area contributed by atoms with E-state index in [-0.39, 0.29) is 5.56 Å². The number of carboxylic acids is 1. The van der Waals surface area contributed by atoms with E-state index in [1.165, 1.54) is 6.07 Å². The van der Waals surface area contributed by atoms with Crippen LogP contribution < -0.4 is 4.90 Å². The minimum absolute atomic E-state index is 0.280. The first-order chi connectivity index (χ1) is 10.1. The van der Waals surface area contributed by atoms with Crippen molar-refractivity contribution in [1.82, 2.24) is 0 Å². The molecule has 0 spiro atoms. The molecule has 0 fully saturated rings. The van der Waals surface area contributed by atoms with Crippen molar-refractivity contribution in [3.8, 4) is 0 Å². The van der Waals surface area contributed by atoms with Crippen LogP contribution in [0.1, 0.15) is 30.1 Å². The highest BCUT2D eigenvalue weighted by Gasteiger charge is 2.20. The normalized spacial score (nSPS) is 10.4. The lowest BCUT2D eigenvalue weighted by Crippen LogP contribution is -2.21. The molecule has 0 heterocycles. The van der Waals surface area contributed by atoms with E-state index >= 15 is 0 Å². The number of hydrogen-bond donors (Lipinski definition) is 1. The highest BCUT2D eigenvalue weighted by molar-refractivity contribution is 5.96. The Morgan fingerprint density at radius 1 is 1.14 bits per heavy atom. The maximum Gasteiger partial charge on any atom is 0.340 e. The molecule has 0 aliphatic rings. The summed E-state index contributed by atoms with van der Waals surface area (Å²) in [6.07, 6.45) is 1.87. The van der Waals surface area contributed by atoms with Gasteiger partial charge in [-0.1, -0.05) is 37.6 Å². The van der Waals surface area contributed by atoms with Gasteiger partial charge in [0.25, 0.3) is 0 Å². The monoisotopic (exact) mass is 287 g/mol. The largest absolute Gasteiger partial charge is 0.478 e. The van der Waals surface area contributed by atoms with E-state index < -0.39 is 11.8 Å². The first kappa shape index (κ1) is 15.0. The van der Waals surface area contributed by atoms with Crippen molar-refractivity contribution in [2.24, 2.45) is 0 Å². The van der Waals surface area contributed by atoms with E-state index in [0.29, 0.717) is 12.2 Å². The number of carbonyl (C=O) groups is 1. The van der Waals surface area contributed by atoms with Gasteiger partial charge in [0.05, 0.1) is 5.69 Å². The molecule has 2 aromatic carbocycles. The second-order valence-electron chi connectivity index (χ2n) is 4.78. The molecule has 0 unspecified atom stereocenters. The van der Waals surface area contributed by atoms with Gasteiger partial charge in [0.2, 0.25) is 0 Å². The molecule has 21 heavy (non-hydrogen) atoms. The Hall–Kier alpha value is -2.36. The van der Waals surface area contributed by atoms with E-state index in [2.05, 4.69) is 6.92 Å². The summed E-state index contributed by atoms with van der Waals surface area (Å²) in [7, 11) is 0. The predicted molar refractivity (Wildman–Crippen MR) is 81.7 cm³/mol. The van der Waals surface area contributed by atoms with Crippen molar-refractivity contribution >= 4 is 17.3 Å². The van der Waals surface area contributed by atoms with Gasteiger partial charge < -0.3 is 10.0 Å². The fraction of sp³-hybridized carbons (Fsp3) is 0.235. The van der Waals surface area contributed by atoms with Crippen LogP contribution in [0.25, 0.3) is 0 Å². The van der Waals surface area contributed by atoms with Crippen LogP contribution in [-0.4, -0.2) is 17.6 Å². The van der Waals surface area contributed by atoms with Gasteiger partial charge in [-0.3, -0.25) is 0 Å². The zero-order valence-corrected chi connectivity index (χ0v) is 11.9. The molecule has 0 amide bonds. The lowest BCUT2D eigenvalue weighted by molar-refractivity contribution is 0.0692. The minimum atomic E-state index is -1.25. The van der Waals surface area contributed by atoms with Gasteiger partial charge in [-0.05, 0) is 30.7 Å². The van der Waals surface area contributed by atoms with Crippen LogP contribution in [0, 0.1) is 5.82 Å². The van der Waals surface area contributed by atoms with Crippen LogP contribution in [-0.2, 0) is 0 Å². The molecule has 2 aromatic rings. The second kappa shape index (κ2) is 6.88. The Morgan fingerprint density at radius 3 is 2.48 bits per heavy atom. The number of nitrogens with zero attached hydrogens (tertiary/aromatic N) is 1. The number of aromatic carboxylic acids is 1. The number of rotatable bonds is 6. The molecule has 0 saturated carbocycles. The van der Waals surface area contributed by atoms with Crippen LogP contribution in [0.3, 0.4) is 0 Å². The number of para-hydroxylation sites is 1. The molecule has 0 radical (unpaired) electrons. The smallest absolute Gasteiger partial charge is 0.340 e. The maximum absolute atomic E-state index is 13.9. The van der Waals surface area contributed by atoms with Gasteiger partial charge in [-0.2, -0.15) is 0 Å². The summed E-state index contributed by atoms with van der Waals surface area (Å²) >= 11 is 0. The van der Waals surface area contributed by atoms with Crippen LogP contribution in [0.4, 0.5) is 15.8 Å². The molecule has 0 atom stereocenters. The molecule has 110 valence electrons. The maximum atomic E-state index is 13.9. The van der Waals surface area contributed by atoms with Crippen LogP contribution >= 0.6 is 0 Å². The molecule has 1 N–H and O–H groups in total. The highest BCUT2D eigenvalue weighted by atomic mass is 19.1. The number of unbranched alkanes of at least 4 members (excludes halogenated alkanes) is 1. The Bertz CT molecular complexity index is 613. The highest BCUT2D eigenvalue weighted by Crippen LogP contribution is 2.30. The fourth-order valence-corrected chi connectivity index (χ4v) is 2.26. The van der Waals surface area contributed by atoms with E-state index in [9.17, 15) is 14.3 Å². The minimum Gasteiger partial charge on any atom is -0.478 e. The van der Waals surface area contributed by atoms with E-state index in [4.69, 9.17) is 0 Å². The summed E-state index contributed by atoms with van der Waals surface area (Å²) in [6.45, 7) is 2.71. The SMILES string of the molecule is CCCCN(c1ccccc1)c1cccc(F)c1C(=O)O. The van der Waals surface area contributed by atoms with E-state index in [0.717, 1.165) is 18.5 Å². The zero-order chi connectivity index (χ0) is 15.2. The molecular formula is C17H18FNO2. The molecule has 0 aliphatic heterocycles. The molecule has 0 aliphatic carbocycles. The molecular weight excluding hydrogens is 269 g/mol. The second-order valence-corrected chi connectivity index (χ2v) is 4.78. The molecule has 0 aromatic heterocycles. The van der Waals surface area contributed by atoms with E-state index in [1.807, 2.05) is 35.2 Å². The van der Waals surface area contributed by atoms with Gasteiger partial charge in [-0.15, -0.1) is 0 Å². The summed E-state index contributed by atoms with van der Waals surface area (Å²) < 4.78 is 13.9. The number of benzene rings is 2. The third kappa shape index (κ3) is 3.40. The first-order valence-corrected chi connectivity index (χ1v) is 6.99. The molecule has 4 heteroatoms. The van der Waals surface area contributed by atoms with Crippen molar-refractivity contribution in [3.05, 3.63) is 59.9 Å². The summed E-state index contributed by atoms with van der Waals surface area (Å²) in [5, 5.41) is 9.30. The van der Waals surface area contributed by atoms with Crippen LogP contribution in [0.15, 0.2) is 48.5 Å². The summed E-state index contributed by atoms with van der Waals surface area (Å²) in [4.78, 5) is 13.2. The van der Waals surface area contributed by atoms with Crippen molar-refractivity contribution in [2.75, 3.05) is 11.4 Å². The van der Waals surface area contributed by atoms with Gasteiger partial charge in [-0.25, -0.2) is 9.18 Å². The number of anilines is 2. The Kier molecular flexibility index (Phi) is 4.93. The van der Waals surface area contributed by atoms with Gasteiger partial charge >= 0.3 is 5.97 Å². The molecule has 2 rings (SSSR count). The lowest BCUT2D eigenvalue weighted by Gasteiger charge is -2.26. The molecule has 3 nitrogen and oxygen atoms in total. The zero-order valence-electron chi connectivity index (χ0n) is 11.9. The summed E-state index contributed by atoms with van der Waals surface area (Å²) in [5.74, 6) is -1.96. The average molecular weight is 287 g/mol. The van der Waals surface area contributed by atoms with Crippen molar-refractivity contribution in [1.29, 1.82) is 0 Å². The third-order valence-corrected chi connectivity index (χ3v) is 3.30. The Labute approximate surface area is 123 Å². The molecule has 0 bridgehead atoms. The van der Waals surface area contributed by atoms with Crippen molar-refractivity contribution in [2.45, 2.75) is 19.8 Å². The lowest BCUT2D eigenvalue weighted by atomic mass is 10.1. The summed E-state index contributed by atoms with van der Waals surface area (Å²) in [6, 6.07) is 13.8. The van der Waals surface area contributed by atoms with Crippen molar-refractivity contribution in [3.63, 3.8) is 0 Å². The van der Waals surface area contributed by atoms with Gasteiger partial charge in [0.1, 0.15) is 11.4 Å². The Morgan fingerprint density at radius 2 is 1.86 bits per heavy atom. The average Bonchev–Trinajstić information content (AvgIpc) is 2.48. The fourth-order valence-electron chi connectivity index (χ4n) is 2.26. The van der Waals surface area contributed by atoms with Crippen LogP contribution in [0.2, 0.25) is 0 Å². The number of halogens is 1. The van der Waals surface area contributed by atoms with Gasteiger partial charge in [0.15, 0.2) is 0 Å². The molecule has 0 saturated heterocycles. The number of carboxylic acid groups (broad SMARTS) is 1. The van der Waals surface area contributed by atoms with Gasteiger partial charge in [0, 0.05) is 12.2 Å².